The van der Waals surface area contributed by atoms with Crippen LogP contribution in [0, 0.1) is 0 Å². The third kappa shape index (κ3) is 2.67. The van der Waals surface area contributed by atoms with Crippen molar-refractivity contribution in [1.82, 2.24) is 14.8 Å². The lowest BCUT2D eigenvalue weighted by Crippen LogP contribution is -2.08. The monoisotopic (exact) mass is 265 g/mol. The van der Waals surface area contributed by atoms with E-state index in [0.717, 1.165) is 22.5 Å². The fourth-order valence-corrected chi connectivity index (χ4v) is 2.05. The molecule has 0 radical (unpaired) electrons. The van der Waals surface area contributed by atoms with E-state index in [1.807, 2.05) is 47.4 Å². The van der Waals surface area contributed by atoms with Gasteiger partial charge in [0.25, 0.3) is 0 Å². The molecular weight excluding hydrogens is 250 g/mol. The Kier molecular flexibility index (Phi) is 3.43. The molecule has 20 heavy (non-hydrogen) atoms. The number of benzene rings is 1. The summed E-state index contributed by atoms with van der Waals surface area (Å²) in [5, 5.41) is 4.37. The zero-order chi connectivity index (χ0) is 13.8. The second-order valence-electron chi connectivity index (χ2n) is 4.47. The smallest absolute Gasteiger partial charge is 0.0832 e. The second-order valence-corrected chi connectivity index (χ2v) is 4.47. The molecule has 0 aliphatic carbocycles. The van der Waals surface area contributed by atoms with Crippen molar-refractivity contribution in [2.24, 2.45) is 5.84 Å². The summed E-state index contributed by atoms with van der Waals surface area (Å²) in [5.74, 6) is 5.39. The van der Waals surface area contributed by atoms with Crippen LogP contribution in [0.2, 0.25) is 0 Å². The highest BCUT2D eigenvalue weighted by Crippen LogP contribution is 2.18. The molecule has 0 atom stereocenters. The Morgan fingerprint density at radius 3 is 2.75 bits per heavy atom. The minimum Gasteiger partial charge on any atom is -0.324 e. The Morgan fingerprint density at radius 1 is 1.10 bits per heavy atom. The zero-order valence-corrected chi connectivity index (χ0v) is 10.9. The van der Waals surface area contributed by atoms with Crippen LogP contribution in [0.3, 0.4) is 0 Å². The Morgan fingerprint density at radius 2 is 1.95 bits per heavy atom. The molecule has 0 saturated carbocycles. The summed E-state index contributed by atoms with van der Waals surface area (Å²) in [6, 6.07) is 13.9. The van der Waals surface area contributed by atoms with Gasteiger partial charge in [-0.05, 0) is 17.7 Å². The van der Waals surface area contributed by atoms with Gasteiger partial charge in [-0.2, -0.15) is 5.10 Å². The van der Waals surface area contributed by atoms with Crippen LogP contribution in [0.25, 0.3) is 11.1 Å². The topological polar surface area (TPSA) is 68.8 Å². The third-order valence-corrected chi connectivity index (χ3v) is 3.05. The molecule has 1 aromatic carbocycles. The van der Waals surface area contributed by atoms with Crippen molar-refractivity contribution in [2.75, 3.05) is 5.43 Å². The SMILES string of the molecule is NNc1ccnc(Cn2cc(-c3ccccc3)cn2)c1. The lowest BCUT2D eigenvalue weighted by Gasteiger charge is -2.04. The number of nitrogens with zero attached hydrogens (tertiary/aromatic N) is 3. The predicted molar refractivity (Wildman–Crippen MR) is 78.8 cm³/mol. The summed E-state index contributed by atoms with van der Waals surface area (Å²) in [6.07, 6.45) is 5.60. The van der Waals surface area contributed by atoms with Gasteiger partial charge in [0.2, 0.25) is 0 Å². The van der Waals surface area contributed by atoms with E-state index < -0.39 is 0 Å². The maximum absolute atomic E-state index is 5.39. The van der Waals surface area contributed by atoms with Gasteiger partial charge in [0, 0.05) is 18.0 Å². The number of rotatable bonds is 4. The average molecular weight is 265 g/mol. The van der Waals surface area contributed by atoms with Gasteiger partial charge in [-0.15, -0.1) is 0 Å². The largest absolute Gasteiger partial charge is 0.324 e. The van der Waals surface area contributed by atoms with Crippen molar-refractivity contribution in [1.29, 1.82) is 0 Å². The van der Waals surface area contributed by atoms with Crippen LogP contribution in [-0.2, 0) is 6.54 Å². The highest BCUT2D eigenvalue weighted by molar-refractivity contribution is 5.61. The molecule has 2 aromatic heterocycles. The van der Waals surface area contributed by atoms with Crippen LogP contribution in [-0.4, -0.2) is 14.8 Å². The minimum absolute atomic E-state index is 0.613. The Balaban J connectivity index is 1.80. The van der Waals surface area contributed by atoms with Crippen molar-refractivity contribution >= 4 is 5.69 Å². The van der Waals surface area contributed by atoms with Gasteiger partial charge in [-0.25, -0.2) is 0 Å². The van der Waals surface area contributed by atoms with E-state index in [1.54, 1.807) is 6.20 Å². The van der Waals surface area contributed by atoms with Crippen LogP contribution in [0.1, 0.15) is 5.69 Å². The molecule has 0 bridgehead atoms. The molecule has 100 valence electrons. The van der Waals surface area contributed by atoms with E-state index in [2.05, 4.69) is 27.6 Å². The Bertz CT molecular complexity index is 690. The van der Waals surface area contributed by atoms with Gasteiger partial charge >= 0.3 is 0 Å². The van der Waals surface area contributed by atoms with E-state index in [1.165, 1.54) is 0 Å². The Hall–Kier alpha value is -2.66. The van der Waals surface area contributed by atoms with Gasteiger partial charge in [0.15, 0.2) is 0 Å². The van der Waals surface area contributed by atoms with Gasteiger partial charge < -0.3 is 5.43 Å². The summed E-state index contributed by atoms with van der Waals surface area (Å²) in [5.41, 5.74) is 6.61. The van der Waals surface area contributed by atoms with E-state index in [-0.39, 0.29) is 0 Å². The first-order valence-electron chi connectivity index (χ1n) is 6.34. The van der Waals surface area contributed by atoms with Gasteiger partial charge in [-0.3, -0.25) is 15.5 Å². The van der Waals surface area contributed by atoms with Crippen molar-refractivity contribution in [3.05, 3.63) is 66.7 Å². The molecule has 0 amide bonds. The highest BCUT2D eigenvalue weighted by Gasteiger charge is 2.03. The first-order chi connectivity index (χ1) is 9.85. The van der Waals surface area contributed by atoms with Crippen LogP contribution in [0.4, 0.5) is 5.69 Å². The molecule has 3 rings (SSSR count). The summed E-state index contributed by atoms with van der Waals surface area (Å²) >= 11 is 0. The predicted octanol–water partition coefficient (Wildman–Crippen LogP) is 2.28. The van der Waals surface area contributed by atoms with Crippen molar-refractivity contribution in [2.45, 2.75) is 6.54 Å². The molecule has 0 aliphatic heterocycles. The van der Waals surface area contributed by atoms with Gasteiger partial charge in [-0.1, -0.05) is 30.3 Å². The number of hydrogen-bond acceptors (Lipinski definition) is 4. The average Bonchev–Trinajstić information content (AvgIpc) is 2.97. The summed E-state index contributed by atoms with van der Waals surface area (Å²) in [4.78, 5) is 4.31. The lowest BCUT2D eigenvalue weighted by atomic mass is 10.1. The van der Waals surface area contributed by atoms with Crippen LogP contribution < -0.4 is 11.3 Å². The lowest BCUT2D eigenvalue weighted by molar-refractivity contribution is 0.673. The first-order valence-corrected chi connectivity index (χ1v) is 6.34. The molecule has 3 N–H and O–H groups in total. The number of nitrogen functional groups attached to an aromatic ring is 1. The molecule has 3 aromatic rings. The summed E-state index contributed by atoms with van der Waals surface area (Å²) in [6.45, 7) is 0.613. The van der Waals surface area contributed by atoms with Crippen molar-refractivity contribution in [3.63, 3.8) is 0 Å². The first kappa shape index (κ1) is 12.4. The van der Waals surface area contributed by atoms with Crippen LogP contribution in [0.15, 0.2) is 61.1 Å². The molecule has 2 heterocycles. The molecule has 0 unspecified atom stereocenters. The summed E-state index contributed by atoms with van der Waals surface area (Å²) < 4.78 is 1.87. The highest BCUT2D eigenvalue weighted by atomic mass is 15.3. The van der Waals surface area contributed by atoms with Gasteiger partial charge in [0.05, 0.1) is 24.1 Å². The maximum atomic E-state index is 5.39. The fourth-order valence-electron chi connectivity index (χ4n) is 2.05. The molecule has 5 heteroatoms. The second kappa shape index (κ2) is 5.54. The number of nitrogens with one attached hydrogen (secondary N) is 1. The number of anilines is 1. The maximum Gasteiger partial charge on any atom is 0.0832 e. The van der Waals surface area contributed by atoms with E-state index in [9.17, 15) is 0 Å². The van der Waals surface area contributed by atoms with E-state index >= 15 is 0 Å². The molecule has 0 spiro atoms. The number of aromatic nitrogens is 3. The van der Waals surface area contributed by atoms with E-state index in [4.69, 9.17) is 5.84 Å². The third-order valence-electron chi connectivity index (χ3n) is 3.05. The molecule has 5 nitrogen and oxygen atoms in total. The van der Waals surface area contributed by atoms with Crippen LogP contribution >= 0.6 is 0 Å². The zero-order valence-electron chi connectivity index (χ0n) is 10.9. The Labute approximate surface area is 117 Å². The fraction of sp³-hybridized carbons (Fsp3) is 0.0667. The normalized spacial score (nSPS) is 10.4. The number of nitrogens with two attached hydrogens (primary N) is 1. The number of pyridine rings is 1. The molecule has 0 fully saturated rings. The van der Waals surface area contributed by atoms with Crippen molar-refractivity contribution in [3.8, 4) is 11.1 Å². The summed E-state index contributed by atoms with van der Waals surface area (Å²) in [7, 11) is 0. The van der Waals surface area contributed by atoms with Gasteiger partial charge in [0.1, 0.15) is 0 Å². The number of hydrazine groups is 1. The molecule has 0 aliphatic rings. The molecular formula is C15H15N5. The standard InChI is InChI=1S/C15H15N5/c16-19-14-6-7-17-15(8-14)11-20-10-13(9-18-20)12-4-2-1-3-5-12/h1-10H,11,16H2,(H,17,19). The van der Waals surface area contributed by atoms with Crippen molar-refractivity contribution < 1.29 is 0 Å². The number of hydrogen-bond donors (Lipinski definition) is 2. The van der Waals surface area contributed by atoms with Crippen LogP contribution in [0.5, 0.6) is 0 Å². The van der Waals surface area contributed by atoms with E-state index in [0.29, 0.717) is 6.54 Å². The quantitative estimate of drug-likeness (QED) is 0.561. The molecule has 0 saturated heterocycles. The minimum atomic E-state index is 0.613.